The molecule has 0 radical (unpaired) electrons. The minimum Gasteiger partial charge on any atom is -0.302 e. The molecule has 0 saturated heterocycles. The molecule has 112 valence electrons. The van der Waals surface area contributed by atoms with Crippen molar-refractivity contribution in [3.05, 3.63) is 62.5 Å². The molecule has 0 aliphatic carbocycles. The number of nitrogens with zero attached hydrogens (tertiary/aromatic N) is 3. The number of amides is 1. The highest BCUT2D eigenvalue weighted by atomic mass is 32.1. The Morgan fingerprint density at radius 3 is 2.77 bits per heavy atom. The highest BCUT2D eigenvalue weighted by Crippen LogP contribution is 2.24. The van der Waals surface area contributed by atoms with Gasteiger partial charge in [-0.3, -0.25) is 9.78 Å². The van der Waals surface area contributed by atoms with Gasteiger partial charge in [-0.05, 0) is 48.4 Å². The largest absolute Gasteiger partial charge is 0.302 e. The summed E-state index contributed by atoms with van der Waals surface area (Å²) in [7, 11) is 0. The van der Waals surface area contributed by atoms with Crippen LogP contribution in [0, 0.1) is 13.8 Å². The molecule has 0 spiro atoms. The number of thiophene rings is 1. The second-order valence-electron chi connectivity index (χ2n) is 4.88. The van der Waals surface area contributed by atoms with E-state index in [4.69, 9.17) is 0 Å². The minimum absolute atomic E-state index is 0.0256. The van der Waals surface area contributed by atoms with Gasteiger partial charge in [0.2, 0.25) is 0 Å². The molecular formula is C16H15N3OS2. The third-order valence-electron chi connectivity index (χ3n) is 3.22. The van der Waals surface area contributed by atoms with Crippen LogP contribution in [0.5, 0.6) is 0 Å². The summed E-state index contributed by atoms with van der Waals surface area (Å²) in [6.45, 7) is 4.33. The van der Waals surface area contributed by atoms with E-state index in [1.54, 1.807) is 28.6 Å². The summed E-state index contributed by atoms with van der Waals surface area (Å²) in [6, 6.07) is 5.78. The zero-order chi connectivity index (χ0) is 15.5. The Kier molecular flexibility index (Phi) is 4.31. The zero-order valence-corrected chi connectivity index (χ0v) is 13.9. The Bertz CT molecular complexity index is 766. The maximum atomic E-state index is 13.0. The van der Waals surface area contributed by atoms with Crippen LogP contribution in [0.15, 0.2) is 41.4 Å². The van der Waals surface area contributed by atoms with Crippen molar-refractivity contribution in [3.63, 3.8) is 0 Å². The topological polar surface area (TPSA) is 46.1 Å². The van der Waals surface area contributed by atoms with Gasteiger partial charge in [0.05, 0.1) is 29.1 Å². The average molecular weight is 329 g/mol. The molecule has 22 heavy (non-hydrogen) atoms. The predicted molar refractivity (Wildman–Crippen MR) is 90.7 cm³/mol. The number of rotatable bonds is 4. The zero-order valence-electron chi connectivity index (χ0n) is 12.3. The standard InChI is InChI=1S/C16H15N3OS2/c1-11-15(22-12(2)18-11)16(20)19(9-13-5-7-21-10-13)14-4-3-6-17-8-14/h3-8,10H,9H2,1-2H3. The fourth-order valence-corrected chi connectivity index (χ4v) is 3.74. The molecule has 0 unspecified atom stereocenters. The van der Waals surface area contributed by atoms with Crippen LogP contribution in [0.1, 0.15) is 25.9 Å². The lowest BCUT2D eigenvalue weighted by Gasteiger charge is -2.21. The molecule has 4 nitrogen and oxygen atoms in total. The molecule has 0 fully saturated rings. The molecular weight excluding hydrogens is 314 g/mol. The molecule has 3 aromatic rings. The molecule has 0 atom stereocenters. The molecule has 0 aliphatic rings. The molecule has 0 N–H and O–H groups in total. The van der Waals surface area contributed by atoms with Gasteiger partial charge in [-0.25, -0.2) is 4.98 Å². The third kappa shape index (κ3) is 3.08. The SMILES string of the molecule is Cc1nc(C)c(C(=O)N(Cc2ccsc2)c2cccnc2)s1. The van der Waals surface area contributed by atoms with Crippen molar-refractivity contribution in [2.45, 2.75) is 20.4 Å². The van der Waals surface area contributed by atoms with Gasteiger partial charge in [0.25, 0.3) is 5.91 Å². The number of hydrogen-bond acceptors (Lipinski definition) is 5. The Balaban J connectivity index is 1.97. The van der Waals surface area contributed by atoms with Crippen molar-refractivity contribution in [1.29, 1.82) is 0 Å². The number of aromatic nitrogens is 2. The average Bonchev–Trinajstić information content (AvgIpc) is 3.14. The minimum atomic E-state index is -0.0256. The molecule has 3 rings (SSSR count). The Morgan fingerprint density at radius 2 is 2.18 bits per heavy atom. The maximum Gasteiger partial charge on any atom is 0.270 e. The molecule has 6 heteroatoms. The number of aryl methyl sites for hydroxylation is 2. The number of anilines is 1. The molecule has 0 saturated carbocycles. The van der Waals surface area contributed by atoms with Gasteiger partial charge in [-0.1, -0.05) is 0 Å². The summed E-state index contributed by atoms with van der Waals surface area (Å²) in [6.07, 6.45) is 3.42. The van der Waals surface area contributed by atoms with Crippen LogP contribution in [-0.2, 0) is 6.54 Å². The summed E-state index contributed by atoms with van der Waals surface area (Å²) in [5, 5.41) is 4.98. The smallest absolute Gasteiger partial charge is 0.270 e. The van der Waals surface area contributed by atoms with E-state index in [9.17, 15) is 4.79 Å². The van der Waals surface area contributed by atoms with Crippen LogP contribution in [0.25, 0.3) is 0 Å². The van der Waals surface area contributed by atoms with Crippen LogP contribution in [-0.4, -0.2) is 15.9 Å². The number of hydrogen-bond donors (Lipinski definition) is 0. The van der Waals surface area contributed by atoms with Crippen molar-refractivity contribution in [2.75, 3.05) is 4.90 Å². The summed E-state index contributed by atoms with van der Waals surface area (Å²) in [5.41, 5.74) is 2.69. The second kappa shape index (κ2) is 6.37. The first-order valence-corrected chi connectivity index (χ1v) is 8.58. The van der Waals surface area contributed by atoms with Crippen molar-refractivity contribution >= 4 is 34.3 Å². The quantitative estimate of drug-likeness (QED) is 0.725. The molecule has 0 aliphatic heterocycles. The first kappa shape index (κ1) is 14.9. The lowest BCUT2D eigenvalue weighted by atomic mass is 10.2. The molecule has 1 amide bonds. The van der Waals surface area contributed by atoms with E-state index in [2.05, 4.69) is 15.3 Å². The fourth-order valence-electron chi connectivity index (χ4n) is 2.21. The summed E-state index contributed by atoms with van der Waals surface area (Å²) in [5.74, 6) is -0.0256. The van der Waals surface area contributed by atoms with Crippen molar-refractivity contribution in [3.8, 4) is 0 Å². The first-order valence-electron chi connectivity index (χ1n) is 6.82. The van der Waals surface area contributed by atoms with E-state index in [0.717, 1.165) is 22.0 Å². The van der Waals surface area contributed by atoms with Gasteiger partial charge >= 0.3 is 0 Å². The van der Waals surface area contributed by atoms with Crippen molar-refractivity contribution in [1.82, 2.24) is 9.97 Å². The van der Waals surface area contributed by atoms with Gasteiger partial charge < -0.3 is 4.90 Å². The Morgan fingerprint density at radius 1 is 1.32 bits per heavy atom. The van der Waals surface area contributed by atoms with E-state index in [1.807, 2.05) is 37.4 Å². The highest BCUT2D eigenvalue weighted by molar-refractivity contribution is 7.13. The van der Waals surface area contributed by atoms with Gasteiger partial charge in [-0.2, -0.15) is 11.3 Å². The molecule has 3 aromatic heterocycles. The van der Waals surface area contributed by atoms with E-state index < -0.39 is 0 Å². The van der Waals surface area contributed by atoms with Crippen LogP contribution in [0.4, 0.5) is 5.69 Å². The lowest BCUT2D eigenvalue weighted by molar-refractivity contribution is 0.0988. The van der Waals surface area contributed by atoms with Crippen LogP contribution < -0.4 is 4.90 Å². The number of carbonyl (C=O) groups is 1. The van der Waals surface area contributed by atoms with E-state index in [0.29, 0.717) is 11.4 Å². The van der Waals surface area contributed by atoms with Gasteiger partial charge in [0.1, 0.15) is 4.88 Å². The lowest BCUT2D eigenvalue weighted by Crippen LogP contribution is -2.30. The van der Waals surface area contributed by atoms with Crippen LogP contribution >= 0.6 is 22.7 Å². The van der Waals surface area contributed by atoms with Gasteiger partial charge in [0.15, 0.2) is 0 Å². The highest BCUT2D eigenvalue weighted by Gasteiger charge is 2.22. The van der Waals surface area contributed by atoms with E-state index in [1.165, 1.54) is 11.3 Å². The van der Waals surface area contributed by atoms with E-state index >= 15 is 0 Å². The summed E-state index contributed by atoms with van der Waals surface area (Å²) >= 11 is 3.07. The second-order valence-corrected chi connectivity index (χ2v) is 6.86. The number of pyridine rings is 1. The van der Waals surface area contributed by atoms with Gasteiger partial charge in [-0.15, -0.1) is 11.3 Å². The third-order valence-corrected chi connectivity index (χ3v) is 5.01. The summed E-state index contributed by atoms with van der Waals surface area (Å²) in [4.78, 5) is 23.9. The summed E-state index contributed by atoms with van der Waals surface area (Å²) < 4.78 is 0. The van der Waals surface area contributed by atoms with Crippen LogP contribution in [0.2, 0.25) is 0 Å². The monoisotopic (exact) mass is 329 g/mol. The number of thiazole rings is 1. The van der Waals surface area contributed by atoms with Crippen molar-refractivity contribution in [2.24, 2.45) is 0 Å². The fraction of sp³-hybridized carbons (Fsp3) is 0.188. The van der Waals surface area contributed by atoms with E-state index in [-0.39, 0.29) is 5.91 Å². The Labute approximate surface area is 137 Å². The van der Waals surface area contributed by atoms with Crippen LogP contribution in [0.3, 0.4) is 0 Å². The Hall–Kier alpha value is -2.05. The normalized spacial score (nSPS) is 10.6. The molecule has 0 bridgehead atoms. The first-order chi connectivity index (χ1) is 10.6. The van der Waals surface area contributed by atoms with Gasteiger partial charge in [0, 0.05) is 6.20 Å². The number of carbonyl (C=O) groups excluding carboxylic acids is 1. The molecule has 3 heterocycles. The van der Waals surface area contributed by atoms with Crippen molar-refractivity contribution < 1.29 is 4.79 Å². The molecule has 0 aromatic carbocycles. The maximum absolute atomic E-state index is 13.0. The predicted octanol–water partition coefficient (Wildman–Crippen LogP) is 4.06.